The lowest BCUT2D eigenvalue weighted by Gasteiger charge is -2.07. The fourth-order valence-corrected chi connectivity index (χ4v) is 2.46. The van der Waals surface area contributed by atoms with E-state index in [1.165, 1.54) is 5.56 Å². The van der Waals surface area contributed by atoms with Crippen molar-refractivity contribution in [1.82, 2.24) is 14.9 Å². The Morgan fingerprint density at radius 1 is 1.14 bits per heavy atom. The Balaban J connectivity index is 1.72. The van der Waals surface area contributed by atoms with Crippen LogP contribution in [0.4, 0.5) is 0 Å². The van der Waals surface area contributed by atoms with Crippen LogP contribution in [0.1, 0.15) is 27.0 Å². The minimum atomic E-state index is -0.0517. The summed E-state index contributed by atoms with van der Waals surface area (Å²) in [4.78, 5) is 16.6. The van der Waals surface area contributed by atoms with Gasteiger partial charge in [-0.15, -0.1) is 0 Å². The number of nitrogens with one attached hydrogen (secondary N) is 1. The number of imidazole rings is 1. The van der Waals surface area contributed by atoms with Crippen LogP contribution in [0.2, 0.25) is 0 Å². The summed E-state index contributed by atoms with van der Waals surface area (Å²) >= 11 is 0. The lowest BCUT2D eigenvalue weighted by molar-refractivity contribution is 0.0951. The van der Waals surface area contributed by atoms with Gasteiger partial charge in [0.2, 0.25) is 0 Å². The molecular weight excluding hydrogens is 274 g/mol. The average molecular weight is 293 g/mol. The molecule has 0 bridgehead atoms. The van der Waals surface area contributed by atoms with Gasteiger partial charge in [0, 0.05) is 19.2 Å². The highest BCUT2D eigenvalue weighted by atomic mass is 16.1. The summed E-state index contributed by atoms with van der Waals surface area (Å²) in [6.07, 6.45) is 1.79. The van der Waals surface area contributed by atoms with Crippen molar-refractivity contribution in [3.05, 3.63) is 65.0 Å². The number of hydrogen-bond acceptors (Lipinski definition) is 2. The summed E-state index contributed by atoms with van der Waals surface area (Å²) in [7, 11) is 1.97. The molecule has 0 fully saturated rings. The lowest BCUT2D eigenvalue weighted by Crippen LogP contribution is -2.22. The first-order valence-electron chi connectivity index (χ1n) is 7.30. The van der Waals surface area contributed by atoms with Crippen molar-refractivity contribution in [3.63, 3.8) is 0 Å². The highest BCUT2D eigenvalue weighted by molar-refractivity contribution is 5.94. The number of carbonyl (C=O) groups excluding carboxylic acids is 1. The SMILES string of the molecule is Cc1ccc(C(=O)NCc2ccc3c(c2)ncn3C)cc1C. The second kappa shape index (κ2) is 5.64. The summed E-state index contributed by atoms with van der Waals surface area (Å²) in [6, 6.07) is 11.8. The summed E-state index contributed by atoms with van der Waals surface area (Å²) in [5, 5.41) is 2.96. The summed E-state index contributed by atoms with van der Waals surface area (Å²) in [5.74, 6) is -0.0517. The van der Waals surface area contributed by atoms with Crippen molar-refractivity contribution in [1.29, 1.82) is 0 Å². The topological polar surface area (TPSA) is 46.9 Å². The first kappa shape index (κ1) is 14.3. The van der Waals surface area contributed by atoms with Crippen molar-refractivity contribution in [2.75, 3.05) is 0 Å². The van der Waals surface area contributed by atoms with E-state index in [-0.39, 0.29) is 5.91 Å². The summed E-state index contributed by atoms with van der Waals surface area (Å²) < 4.78 is 1.98. The Hall–Kier alpha value is -2.62. The van der Waals surface area contributed by atoms with Crippen LogP contribution in [0.3, 0.4) is 0 Å². The van der Waals surface area contributed by atoms with Crippen LogP contribution >= 0.6 is 0 Å². The molecule has 2 aromatic carbocycles. The monoisotopic (exact) mass is 293 g/mol. The molecule has 0 saturated carbocycles. The first-order chi connectivity index (χ1) is 10.5. The number of amides is 1. The van der Waals surface area contributed by atoms with E-state index in [1.807, 2.05) is 61.9 Å². The highest BCUT2D eigenvalue weighted by Crippen LogP contribution is 2.14. The Kier molecular flexibility index (Phi) is 3.67. The van der Waals surface area contributed by atoms with E-state index in [0.717, 1.165) is 22.2 Å². The van der Waals surface area contributed by atoms with Crippen molar-refractivity contribution in [3.8, 4) is 0 Å². The molecular formula is C18H19N3O. The third kappa shape index (κ3) is 2.72. The van der Waals surface area contributed by atoms with Gasteiger partial charge in [0.25, 0.3) is 5.91 Å². The molecule has 0 unspecified atom stereocenters. The second-order valence-corrected chi connectivity index (χ2v) is 5.66. The molecule has 0 radical (unpaired) electrons. The molecule has 3 aromatic rings. The predicted octanol–water partition coefficient (Wildman–Crippen LogP) is 3.12. The molecule has 1 heterocycles. The zero-order chi connectivity index (χ0) is 15.7. The van der Waals surface area contributed by atoms with E-state index in [9.17, 15) is 4.79 Å². The van der Waals surface area contributed by atoms with Crippen LogP contribution < -0.4 is 5.32 Å². The Labute approximate surface area is 129 Å². The van der Waals surface area contributed by atoms with Gasteiger partial charge in [0.15, 0.2) is 0 Å². The standard InChI is InChI=1S/C18H19N3O/c1-12-4-6-15(8-13(12)2)18(22)19-10-14-5-7-17-16(9-14)20-11-21(17)3/h4-9,11H,10H2,1-3H3,(H,19,22). The molecule has 0 saturated heterocycles. The zero-order valence-electron chi connectivity index (χ0n) is 13.1. The zero-order valence-corrected chi connectivity index (χ0v) is 13.1. The predicted molar refractivity (Wildman–Crippen MR) is 87.8 cm³/mol. The molecule has 1 amide bonds. The van der Waals surface area contributed by atoms with Crippen molar-refractivity contribution in [2.24, 2.45) is 7.05 Å². The van der Waals surface area contributed by atoms with E-state index >= 15 is 0 Å². The van der Waals surface area contributed by atoms with Crippen LogP contribution in [0.5, 0.6) is 0 Å². The number of aromatic nitrogens is 2. The third-order valence-electron chi connectivity index (χ3n) is 4.01. The van der Waals surface area contributed by atoms with E-state index in [2.05, 4.69) is 10.3 Å². The largest absolute Gasteiger partial charge is 0.348 e. The van der Waals surface area contributed by atoms with E-state index < -0.39 is 0 Å². The molecule has 0 aliphatic carbocycles. The fraction of sp³-hybridized carbons (Fsp3) is 0.222. The number of aryl methyl sites for hydroxylation is 3. The number of benzene rings is 2. The maximum absolute atomic E-state index is 12.2. The molecule has 0 aliphatic rings. The maximum Gasteiger partial charge on any atom is 0.251 e. The normalized spacial score (nSPS) is 10.9. The molecule has 4 heteroatoms. The van der Waals surface area contributed by atoms with Crippen LogP contribution in [0.15, 0.2) is 42.7 Å². The first-order valence-corrected chi connectivity index (χ1v) is 7.30. The van der Waals surface area contributed by atoms with Crippen molar-refractivity contribution >= 4 is 16.9 Å². The van der Waals surface area contributed by atoms with Crippen LogP contribution in [0.25, 0.3) is 11.0 Å². The van der Waals surface area contributed by atoms with Crippen molar-refractivity contribution < 1.29 is 4.79 Å². The van der Waals surface area contributed by atoms with E-state index in [1.54, 1.807) is 6.33 Å². The third-order valence-corrected chi connectivity index (χ3v) is 4.01. The Morgan fingerprint density at radius 3 is 2.73 bits per heavy atom. The smallest absolute Gasteiger partial charge is 0.251 e. The minimum absolute atomic E-state index is 0.0517. The Morgan fingerprint density at radius 2 is 1.95 bits per heavy atom. The molecule has 3 rings (SSSR count). The van der Waals surface area contributed by atoms with E-state index in [4.69, 9.17) is 0 Å². The van der Waals surface area contributed by atoms with Crippen LogP contribution in [-0.4, -0.2) is 15.5 Å². The molecule has 1 aromatic heterocycles. The molecule has 112 valence electrons. The van der Waals surface area contributed by atoms with Gasteiger partial charge >= 0.3 is 0 Å². The van der Waals surface area contributed by atoms with Gasteiger partial charge < -0.3 is 9.88 Å². The van der Waals surface area contributed by atoms with Gasteiger partial charge in [-0.1, -0.05) is 12.1 Å². The van der Waals surface area contributed by atoms with Gasteiger partial charge in [-0.2, -0.15) is 0 Å². The van der Waals surface area contributed by atoms with Gasteiger partial charge in [0.1, 0.15) is 0 Å². The van der Waals surface area contributed by atoms with Gasteiger partial charge in [-0.25, -0.2) is 4.98 Å². The van der Waals surface area contributed by atoms with Gasteiger partial charge in [-0.3, -0.25) is 4.79 Å². The minimum Gasteiger partial charge on any atom is -0.348 e. The number of carbonyl (C=O) groups is 1. The maximum atomic E-state index is 12.2. The van der Waals surface area contributed by atoms with Gasteiger partial charge in [-0.05, 0) is 54.8 Å². The molecule has 0 spiro atoms. The number of nitrogens with zero attached hydrogens (tertiary/aromatic N) is 2. The van der Waals surface area contributed by atoms with Crippen LogP contribution in [0, 0.1) is 13.8 Å². The fourth-order valence-electron chi connectivity index (χ4n) is 2.46. The summed E-state index contributed by atoms with van der Waals surface area (Å²) in [5.41, 5.74) is 6.09. The number of rotatable bonds is 3. The Bertz CT molecular complexity index is 849. The van der Waals surface area contributed by atoms with E-state index in [0.29, 0.717) is 12.1 Å². The number of fused-ring (bicyclic) bond motifs is 1. The molecule has 0 aliphatic heterocycles. The quantitative estimate of drug-likeness (QED) is 0.806. The lowest BCUT2D eigenvalue weighted by atomic mass is 10.1. The number of hydrogen-bond donors (Lipinski definition) is 1. The molecule has 1 N–H and O–H groups in total. The van der Waals surface area contributed by atoms with Gasteiger partial charge in [0.05, 0.1) is 17.4 Å². The molecule has 22 heavy (non-hydrogen) atoms. The van der Waals surface area contributed by atoms with Crippen LogP contribution in [-0.2, 0) is 13.6 Å². The molecule has 0 atom stereocenters. The highest BCUT2D eigenvalue weighted by Gasteiger charge is 2.07. The molecule has 4 nitrogen and oxygen atoms in total. The average Bonchev–Trinajstić information content (AvgIpc) is 2.88. The summed E-state index contributed by atoms with van der Waals surface area (Å²) in [6.45, 7) is 4.55. The van der Waals surface area contributed by atoms with Crippen molar-refractivity contribution in [2.45, 2.75) is 20.4 Å². The second-order valence-electron chi connectivity index (χ2n) is 5.66.